The van der Waals surface area contributed by atoms with Crippen molar-refractivity contribution in [2.24, 2.45) is 11.3 Å². The van der Waals surface area contributed by atoms with Gasteiger partial charge < -0.3 is 9.52 Å². The molecule has 1 saturated heterocycles. The van der Waals surface area contributed by atoms with E-state index in [1.807, 2.05) is 26.0 Å². The Bertz CT molecular complexity index is 483. The number of hydrogen-bond acceptors (Lipinski definition) is 3. The first-order chi connectivity index (χ1) is 9.32. The molecule has 1 aliphatic rings. The van der Waals surface area contributed by atoms with Gasteiger partial charge in [-0.25, -0.2) is 0 Å². The van der Waals surface area contributed by atoms with E-state index in [1.165, 1.54) is 0 Å². The second kappa shape index (κ2) is 5.90. The van der Waals surface area contributed by atoms with Gasteiger partial charge in [-0.05, 0) is 74.1 Å². The average Bonchev–Trinajstić information content (AvgIpc) is 2.84. The number of piperidine rings is 1. The Hall–Kier alpha value is -0.810. The zero-order chi connectivity index (χ0) is 14.9. The van der Waals surface area contributed by atoms with Crippen LogP contribution in [0.4, 0.5) is 0 Å². The molecule has 0 saturated carbocycles. The van der Waals surface area contributed by atoms with E-state index < -0.39 is 11.4 Å². The minimum atomic E-state index is -0.710. The molecule has 1 aromatic heterocycles. The quantitative estimate of drug-likeness (QED) is 0.899. The average molecular weight is 344 g/mol. The van der Waals surface area contributed by atoms with Gasteiger partial charge in [0.05, 0.1) is 11.5 Å². The second-order valence-electron chi connectivity index (χ2n) is 6.18. The smallest absolute Gasteiger partial charge is 0.309 e. The largest absolute Gasteiger partial charge is 0.481 e. The molecule has 1 aromatic rings. The Morgan fingerprint density at radius 2 is 2.25 bits per heavy atom. The maximum atomic E-state index is 11.4. The molecule has 2 unspecified atom stereocenters. The Kier molecular flexibility index (Phi) is 4.59. The molecule has 20 heavy (non-hydrogen) atoms. The van der Waals surface area contributed by atoms with Crippen molar-refractivity contribution >= 4 is 21.9 Å². The number of hydrogen-bond donors (Lipinski definition) is 1. The van der Waals surface area contributed by atoms with Crippen molar-refractivity contribution in [2.45, 2.75) is 39.7 Å². The van der Waals surface area contributed by atoms with Crippen LogP contribution in [0.15, 0.2) is 21.2 Å². The summed E-state index contributed by atoms with van der Waals surface area (Å²) in [5.41, 5.74) is -0.678. The number of carboxylic acid groups (broad SMARTS) is 1. The number of carboxylic acids is 1. The van der Waals surface area contributed by atoms with Gasteiger partial charge in [0.2, 0.25) is 0 Å². The van der Waals surface area contributed by atoms with E-state index in [9.17, 15) is 9.90 Å². The fraction of sp³-hybridized carbons (Fsp3) is 0.667. The monoisotopic (exact) mass is 343 g/mol. The van der Waals surface area contributed by atoms with Crippen LogP contribution in [0.1, 0.15) is 45.4 Å². The summed E-state index contributed by atoms with van der Waals surface area (Å²) in [7, 11) is 0. The zero-order valence-electron chi connectivity index (χ0n) is 12.2. The zero-order valence-corrected chi connectivity index (χ0v) is 13.8. The Labute approximate surface area is 128 Å². The van der Waals surface area contributed by atoms with Crippen molar-refractivity contribution in [1.29, 1.82) is 0 Å². The van der Waals surface area contributed by atoms with E-state index in [0.717, 1.165) is 36.4 Å². The summed E-state index contributed by atoms with van der Waals surface area (Å²) in [6.45, 7) is 7.57. The minimum Gasteiger partial charge on any atom is -0.481 e. The maximum Gasteiger partial charge on any atom is 0.309 e. The van der Waals surface area contributed by atoms with Crippen molar-refractivity contribution in [3.63, 3.8) is 0 Å². The van der Waals surface area contributed by atoms with Crippen LogP contribution in [0.2, 0.25) is 0 Å². The lowest BCUT2D eigenvalue weighted by Crippen LogP contribution is -2.45. The second-order valence-corrected chi connectivity index (χ2v) is 6.96. The molecule has 2 rings (SSSR count). The van der Waals surface area contributed by atoms with Crippen molar-refractivity contribution in [2.75, 3.05) is 13.1 Å². The lowest BCUT2D eigenvalue weighted by atomic mass is 9.74. The molecule has 0 radical (unpaired) electrons. The highest BCUT2D eigenvalue weighted by Gasteiger charge is 2.40. The number of halogens is 1. The van der Waals surface area contributed by atoms with Crippen molar-refractivity contribution in [1.82, 2.24) is 4.90 Å². The highest BCUT2D eigenvalue weighted by Crippen LogP contribution is 2.37. The molecule has 4 nitrogen and oxygen atoms in total. The molecule has 0 aliphatic carbocycles. The van der Waals surface area contributed by atoms with Gasteiger partial charge in [0, 0.05) is 6.54 Å². The van der Waals surface area contributed by atoms with Crippen LogP contribution in [0, 0.1) is 11.3 Å². The number of likely N-dealkylation sites (tertiary alicyclic amines) is 1. The molecule has 0 spiro atoms. The third-order valence-electron chi connectivity index (χ3n) is 4.58. The van der Waals surface area contributed by atoms with E-state index in [-0.39, 0.29) is 12.0 Å². The van der Waals surface area contributed by atoms with Crippen molar-refractivity contribution in [3.8, 4) is 0 Å². The van der Waals surface area contributed by atoms with Gasteiger partial charge in [-0.3, -0.25) is 9.69 Å². The Balaban J connectivity index is 2.09. The lowest BCUT2D eigenvalue weighted by Gasteiger charge is -2.41. The first-order valence-electron chi connectivity index (χ1n) is 7.05. The summed E-state index contributed by atoms with van der Waals surface area (Å²) < 4.78 is 6.36. The molecule has 2 heterocycles. The van der Waals surface area contributed by atoms with E-state index >= 15 is 0 Å². The number of nitrogens with zero attached hydrogens (tertiary/aromatic N) is 1. The van der Waals surface area contributed by atoms with Gasteiger partial charge in [0.15, 0.2) is 4.67 Å². The summed E-state index contributed by atoms with van der Waals surface area (Å²) in [6, 6.07) is 4.04. The van der Waals surface area contributed by atoms with E-state index in [4.69, 9.17) is 4.42 Å². The van der Waals surface area contributed by atoms with Crippen LogP contribution in [-0.4, -0.2) is 29.1 Å². The Morgan fingerprint density at radius 1 is 1.55 bits per heavy atom. The molecular weight excluding hydrogens is 322 g/mol. The normalized spacial score (nSPS) is 22.7. The molecule has 5 heteroatoms. The minimum absolute atomic E-state index is 0.175. The highest BCUT2D eigenvalue weighted by molar-refractivity contribution is 9.10. The van der Waals surface area contributed by atoms with Crippen LogP contribution >= 0.6 is 15.9 Å². The number of furan rings is 1. The van der Waals surface area contributed by atoms with Gasteiger partial charge in [-0.1, -0.05) is 0 Å². The summed E-state index contributed by atoms with van der Waals surface area (Å²) in [4.78, 5) is 13.8. The van der Waals surface area contributed by atoms with E-state index in [1.54, 1.807) is 0 Å². The summed E-state index contributed by atoms with van der Waals surface area (Å²) >= 11 is 3.32. The summed E-state index contributed by atoms with van der Waals surface area (Å²) in [5, 5.41) is 9.40. The molecule has 0 amide bonds. The van der Waals surface area contributed by atoms with Crippen LogP contribution < -0.4 is 0 Å². The number of aliphatic carboxylic acids is 1. The van der Waals surface area contributed by atoms with E-state index in [0.29, 0.717) is 0 Å². The van der Waals surface area contributed by atoms with Crippen LogP contribution in [0.5, 0.6) is 0 Å². The molecule has 1 N–H and O–H groups in total. The molecule has 1 fully saturated rings. The predicted molar refractivity (Wildman–Crippen MR) is 80.5 cm³/mol. The lowest BCUT2D eigenvalue weighted by molar-refractivity contribution is -0.151. The van der Waals surface area contributed by atoms with Gasteiger partial charge >= 0.3 is 5.97 Å². The molecule has 0 aromatic carbocycles. The third kappa shape index (κ3) is 3.09. The van der Waals surface area contributed by atoms with Crippen LogP contribution in [0.25, 0.3) is 0 Å². The first kappa shape index (κ1) is 15.6. The van der Waals surface area contributed by atoms with Gasteiger partial charge in [0.25, 0.3) is 0 Å². The standard InChI is InChI=1S/C15H22BrNO3/c1-10(12-6-7-13(16)20-12)17-8-4-5-11(9-17)15(2,3)14(18)19/h6-7,10-11H,4-5,8-9H2,1-3H3,(H,18,19). The predicted octanol–water partition coefficient (Wildman–Crippen LogP) is 3.93. The van der Waals surface area contributed by atoms with Gasteiger partial charge in [-0.15, -0.1) is 0 Å². The van der Waals surface area contributed by atoms with E-state index in [2.05, 4.69) is 27.8 Å². The van der Waals surface area contributed by atoms with Gasteiger partial charge in [0.1, 0.15) is 5.76 Å². The highest BCUT2D eigenvalue weighted by atomic mass is 79.9. The fourth-order valence-corrected chi connectivity index (χ4v) is 3.17. The fourth-order valence-electron chi connectivity index (χ4n) is 2.85. The summed E-state index contributed by atoms with van der Waals surface area (Å²) in [5.74, 6) is 0.387. The Morgan fingerprint density at radius 3 is 2.80 bits per heavy atom. The molecular formula is C15H22BrNO3. The van der Waals surface area contributed by atoms with Crippen molar-refractivity contribution < 1.29 is 14.3 Å². The third-order valence-corrected chi connectivity index (χ3v) is 5.00. The van der Waals surface area contributed by atoms with Crippen LogP contribution in [0.3, 0.4) is 0 Å². The topological polar surface area (TPSA) is 53.7 Å². The molecule has 2 atom stereocenters. The van der Waals surface area contributed by atoms with Crippen molar-refractivity contribution in [3.05, 3.63) is 22.6 Å². The molecule has 1 aliphatic heterocycles. The SMILES string of the molecule is CC(c1ccc(Br)o1)N1CCCC(C(C)(C)C(=O)O)C1. The molecule has 112 valence electrons. The molecule has 0 bridgehead atoms. The first-order valence-corrected chi connectivity index (χ1v) is 7.84. The van der Waals surface area contributed by atoms with Crippen LogP contribution in [-0.2, 0) is 4.79 Å². The number of rotatable bonds is 4. The van der Waals surface area contributed by atoms with Gasteiger partial charge in [-0.2, -0.15) is 0 Å². The number of carbonyl (C=O) groups is 1. The summed E-state index contributed by atoms with van der Waals surface area (Å²) in [6.07, 6.45) is 2.01. The maximum absolute atomic E-state index is 11.4.